The van der Waals surface area contributed by atoms with Crippen LogP contribution in [0, 0.1) is 0 Å². The third kappa shape index (κ3) is 3.97. The van der Waals surface area contributed by atoms with Crippen molar-refractivity contribution < 1.29 is 9.52 Å². The Bertz CT molecular complexity index is 527. The molecule has 1 fully saturated rings. The van der Waals surface area contributed by atoms with Crippen LogP contribution in [-0.4, -0.2) is 21.0 Å². The fourth-order valence-electron chi connectivity index (χ4n) is 3.14. The molecule has 1 N–H and O–H groups in total. The lowest BCUT2D eigenvalue weighted by atomic mass is 9.96. The van der Waals surface area contributed by atoms with Crippen LogP contribution in [0.4, 0.5) is 0 Å². The molecule has 0 bridgehead atoms. The molecule has 4 nitrogen and oxygen atoms in total. The van der Waals surface area contributed by atoms with Crippen molar-refractivity contribution in [2.24, 2.45) is 0 Å². The lowest BCUT2D eigenvalue weighted by Gasteiger charge is -2.21. The first-order valence-corrected chi connectivity index (χ1v) is 8.06. The van der Waals surface area contributed by atoms with E-state index in [1.807, 2.05) is 18.2 Å². The van der Waals surface area contributed by atoms with Crippen LogP contribution in [0.25, 0.3) is 0 Å². The fourth-order valence-corrected chi connectivity index (χ4v) is 3.14. The molecule has 1 unspecified atom stereocenters. The summed E-state index contributed by atoms with van der Waals surface area (Å²) in [5, 5.41) is 14.8. The van der Waals surface area contributed by atoms with Gasteiger partial charge in [-0.25, -0.2) is 0 Å². The quantitative estimate of drug-likeness (QED) is 0.885. The van der Waals surface area contributed by atoms with Gasteiger partial charge in [0.1, 0.15) is 5.76 Å². The van der Waals surface area contributed by atoms with E-state index in [0.29, 0.717) is 18.9 Å². The molecular weight excluding hydrogens is 264 g/mol. The highest BCUT2D eigenvalue weighted by Gasteiger charge is 2.17. The predicted molar refractivity (Wildman–Crippen MR) is 81.1 cm³/mol. The molecule has 1 atom stereocenters. The maximum atomic E-state index is 10.1. The van der Waals surface area contributed by atoms with E-state index in [4.69, 9.17) is 4.42 Å². The highest BCUT2D eigenvalue weighted by molar-refractivity contribution is 5.03. The van der Waals surface area contributed by atoms with E-state index in [0.717, 1.165) is 17.9 Å². The molecule has 2 aromatic rings. The lowest BCUT2D eigenvalue weighted by Crippen LogP contribution is -2.15. The van der Waals surface area contributed by atoms with Gasteiger partial charge in [0, 0.05) is 19.0 Å². The van der Waals surface area contributed by atoms with Crippen LogP contribution in [0.3, 0.4) is 0 Å². The summed E-state index contributed by atoms with van der Waals surface area (Å²) < 4.78 is 7.39. The van der Waals surface area contributed by atoms with Crippen LogP contribution in [0.5, 0.6) is 0 Å². The van der Waals surface area contributed by atoms with Crippen molar-refractivity contribution in [3.63, 3.8) is 0 Å². The molecule has 0 aliphatic heterocycles. The van der Waals surface area contributed by atoms with Crippen molar-refractivity contribution in [2.75, 3.05) is 0 Å². The monoisotopic (exact) mass is 288 g/mol. The summed E-state index contributed by atoms with van der Waals surface area (Å²) in [4.78, 5) is 0. The first kappa shape index (κ1) is 14.4. The molecule has 2 heterocycles. The lowest BCUT2D eigenvalue weighted by molar-refractivity contribution is 0.161. The van der Waals surface area contributed by atoms with Crippen LogP contribution < -0.4 is 0 Å². The van der Waals surface area contributed by atoms with Gasteiger partial charge in [0.05, 0.1) is 24.1 Å². The molecular formula is C17H24N2O2. The van der Waals surface area contributed by atoms with Gasteiger partial charge in [-0.3, -0.25) is 4.68 Å². The first-order chi connectivity index (χ1) is 10.3. The van der Waals surface area contributed by atoms with Gasteiger partial charge in [0.15, 0.2) is 0 Å². The molecule has 0 radical (unpaired) electrons. The molecule has 0 saturated heterocycles. The van der Waals surface area contributed by atoms with Crippen molar-refractivity contribution in [1.82, 2.24) is 9.78 Å². The maximum absolute atomic E-state index is 10.1. The molecule has 114 valence electrons. The predicted octanol–water partition coefficient (Wildman–Crippen LogP) is 3.52. The molecule has 0 aromatic carbocycles. The Morgan fingerprint density at radius 3 is 2.90 bits per heavy atom. The highest BCUT2D eigenvalue weighted by Crippen LogP contribution is 2.27. The van der Waals surface area contributed by atoms with Gasteiger partial charge in [-0.1, -0.05) is 19.3 Å². The van der Waals surface area contributed by atoms with Crippen LogP contribution in [0.1, 0.15) is 56.0 Å². The number of rotatable bonds is 6. The Balaban J connectivity index is 1.49. The zero-order valence-electron chi connectivity index (χ0n) is 12.4. The van der Waals surface area contributed by atoms with Crippen molar-refractivity contribution in [2.45, 2.75) is 63.5 Å². The second kappa shape index (κ2) is 6.94. The minimum absolute atomic E-state index is 0.357. The van der Waals surface area contributed by atoms with Gasteiger partial charge in [-0.15, -0.1) is 0 Å². The zero-order chi connectivity index (χ0) is 14.5. The van der Waals surface area contributed by atoms with Gasteiger partial charge in [0.2, 0.25) is 0 Å². The standard InChI is InChI=1S/C17H24N2O2/c20-16(8-9-17-7-4-12-21-17)13-14-10-11-19(18-14)15-5-2-1-3-6-15/h4,7,10-12,15-16,20H,1-3,5-6,8-9,13H2. The number of aliphatic hydroxyl groups excluding tert-OH is 1. The van der Waals surface area contributed by atoms with Crippen molar-refractivity contribution in [3.05, 3.63) is 42.1 Å². The molecule has 4 heteroatoms. The number of aryl methyl sites for hydroxylation is 1. The average Bonchev–Trinajstić information content (AvgIpc) is 3.17. The largest absolute Gasteiger partial charge is 0.469 e. The van der Waals surface area contributed by atoms with Crippen molar-refractivity contribution >= 4 is 0 Å². The second-order valence-corrected chi connectivity index (χ2v) is 6.05. The van der Waals surface area contributed by atoms with Crippen LogP contribution in [-0.2, 0) is 12.8 Å². The smallest absolute Gasteiger partial charge is 0.103 e. The normalized spacial score (nSPS) is 18.0. The van der Waals surface area contributed by atoms with E-state index in [1.54, 1.807) is 6.26 Å². The summed E-state index contributed by atoms with van der Waals surface area (Å²) in [5.74, 6) is 0.932. The van der Waals surface area contributed by atoms with Crippen molar-refractivity contribution in [3.8, 4) is 0 Å². The number of nitrogens with zero attached hydrogens (tertiary/aromatic N) is 2. The molecule has 21 heavy (non-hydrogen) atoms. The number of hydrogen-bond donors (Lipinski definition) is 1. The van der Waals surface area contributed by atoms with Crippen LogP contribution in [0.15, 0.2) is 35.1 Å². The molecule has 0 spiro atoms. The zero-order valence-corrected chi connectivity index (χ0v) is 12.4. The van der Waals surface area contributed by atoms with Gasteiger partial charge < -0.3 is 9.52 Å². The summed E-state index contributed by atoms with van der Waals surface area (Å²) in [6.45, 7) is 0. The van der Waals surface area contributed by atoms with E-state index >= 15 is 0 Å². The number of hydrogen-bond acceptors (Lipinski definition) is 3. The van der Waals surface area contributed by atoms with E-state index < -0.39 is 0 Å². The topological polar surface area (TPSA) is 51.2 Å². The van der Waals surface area contributed by atoms with Crippen molar-refractivity contribution in [1.29, 1.82) is 0 Å². The second-order valence-electron chi connectivity index (χ2n) is 6.05. The summed E-state index contributed by atoms with van der Waals surface area (Å²) >= 11 is 0. The Morgan fingerprint density at radius 2 is 2.14 bits per heavy atom. The molecule has 3 rings (SSSR count). The number of aromatic nitrogens is 2. The number of furan rings is 1. The first-order valence-electron chi connectivity index (χ1n) is 8.06. The van der Waals surface area contributed by atoms with E-state index in [9.17, 15) is 5.11 Å². The van der Waals surface area contributed by atoms with Crippen LogP contribution in [0.2, 0.25) is 0 Å². The average molecular weight is 288 g/mol. The Labute approximate surface area is 125 Å². The fraction of sp³-hybridized carbons (Fsp3) is 0.588. The molecule has 2 aromatic heterocycles. The van der Waals surface area contributed by atoms with E-state index in [-0.39, 0.29) is 6.10 Å². The third-order valence-corrected chi connectivity index (χ3v) is 4.36. The van der Waals surface area contributed by atoms with Gasteiger partial charge >= 0.3 is 0 Å². The summed E-state index contributed by atoms with van der Waals surface area (Å²) in [6, 6.07) is 6.44. The third-order valence-electron chi connectivity index (χ3n) is 4.36. The van der Waals surface area contributed by atoms with E-state index in [1.165, 1.54) is 32.1 Å². The molecule has 0 amide bonds. The minimum Gasteiger partial charge on any atom is -0.469 e. The Morgan fingerprint density at radius 1 is 1.29 bits per heavy atom. The molecule has 1 saturated carbocycles. The van der Waals surface area contributed by atoms with Gasteiger partial charge in [-0.2, -0.15) is 5.10 Å². The summed E-state index contributed by atoms with van der Waals surface area (Å²) in [7, 11) is 0. The van der Waals surface area contributed by atoms with Gasteiger partial charge in [0.25, 0.3) is 0 Å². The highest BCUT2D eigenvalue weighted by atomic mass is 16.3. The molecule has 1 aliphatic carbocycles. The Kier molecular flexibility index (Phi) is 4.76. The number of aliphatic hydroxyl groups is 1. The summed E-state index contributed by atoms with van der Waals surface area (Å²) in [5.41, 5.74) is 0.993. The Hall–Kier alpha value is -1.55. The van der Waals surface area contributed by atoms with Crippen LogP contribution >= 0.6 is 0 Å². The minimum atomic E-state index is -0.357. The summed E-state index contributed by atoms with van der Waals surface area (Å²) in [6.07, 6.45) is 12.0. The SMILES string of the molecule is OC(CCc1ccco1)Cc1ccn(C2CCCCC2)n1. The maximum Gasteiger partial charge on any atom is 0.103 e. The van der Waals surface area contributed by atoms with Gasteiger partial charge in [-0.05, 0) is 37.5 Å². The molecule has 1 aliphatic rings. The van der Waals surface area contributed by atoms with E-state index in [2.05, 4.69) is 16.0 Å².